The van der Waals surface area contributed by atoms with Crippen molar-refractivity contribution in [3.05, 3.63) is 27.7 Å². The van der Waals surface area contributed by atoms with Crippen LogP contribution in [0.4, 0.5) is 22.0 Å². The highest BCUT2D eigenvalue weighted by Gasteiger charge is 2.37. The molecule has 5 nitrogen and oxygen atoms in total. The number of rotatable bonds is 4. The molecule has 0 atom stereocenters. The van der Waals surface area contributed by atoms with Crippen molar-refractivity contribution in [2.75, 3.05) is 6.61 Å². The molecule has 0 aliphatic heterocycles. The predicted molar refractivity (Wildman–Crippen MR) is 54.7 cm³/mol. The van der Waals surface area contributed by atoms with Crippen LogP contribution in [-0.2, 0) is 4.74 Å². The first-order valence-electron chi connectivity index (χ1n) is 5.14. The lowest BCUT2D eigenvalue weighted by Gasteiger charge is -2.15. The topological polar surface area (TPSA) is 68.4 Å². The van der Waals surface area contributed by atoms with Crippen LogP contribution in [0.5, 0.6) is 5.75 Å². The third kappa shape index (κ3) is 3.68. The molecule has 0 fully saturated rings. The lowest BCUT2D eigenvalue weighted by Crippen LogP contribution is -2.25. The SMILES string of the molecule is CCOC(=O)c1c[nH]c(=O)c(C(F)F)c1OC(F)(F)F. The van der Waals surface area contributed by atoms with E-state index in [0.29, 0.717) is 6.20 Å². The van der Waals surface area contributed by atoms with E-state index in [-0.39, 0.29) is 6.61 Å². The molecule has 10 heteroatoms. The van der Waals surface area contributed by atoms with Gasteiger partial charge in [0.15, 0.2) is 5.75 Å². The lowest BCUT2D eigenvalue weighted by atomic mass is 10.1. The third-order valence-electron chi connectivity index (χ3n) is 2.01. The minimum atomic E-state index is -5.35. The number of halogens is 5. The first-order chi connectivity index (χ1) is 9.17. The summed E-state index contributed by atoms with van der Waals surface area (Å²) in [6, 6.07) is 0. The smallest absolute Gasteiger partial charge is 0.462 e. The number of aromatic nitrogens is 1. The van der Waals surface area contributed by atoms with Gasteiger partial charge in [0.05, 0.1) is 6.61 Å². The highest BCUT2D eigenvalue weighted by atomic mass is 19.4. The number of hydrogen-bond donors (Lipinski definition) is 1. The summed E-state index contributed by atoms with van der Waals surface area (Å²) in [5, 5.41) is 0. The maximum Gasteiger partial charge on any atom is 0.573 e. The Morgan fingerprint density at radius 3 is 2.45 bits per heavy atom. The molecule has 0 radical (unpaired) electrons. The molecule has 0 aliphatic rings. The van der Waals surface area contributed by atoms with E-state index in [0.717, 1.165) is 0 Å². The van der Waals surface area contributed by atoms with E-state index in [1.807, 2.05) is 0 Å². The fourth-order valence-corrected chi connectivity index (χ4v) is 1.31. The van der Waals surface area contributed by atoms with Crippen molar-refractivity contribution in [3.8, 4) is 5.75 Å². The Labute approximate surface area is 108 Å². The number of esters is 1. The monoisotopic (exact) mass is 301 g/mol. The summed E-state index contributed by atoms with van der Waals surface area (Å²) in [7, 11) is 0. The van der Waals surface area contributed by atoms with Gasteiger partial charge in [0, 0.05) is 6.20 Å². The second-order valence-corrected chi connectivity index (χ2v) is 3.34. The summed E-state index contributed by atoms with van der Waals surface area (Å²) in [6.07, 6.45) is -8.39. The Morgan fingerprint density at radius 2 is 2.00 bits per heavy atom. The summed E-state index contributed by atoms with van der Waals surface area (Å²) >= 11 is 0. The normalized spacial score (nSPS) is 11.6. The van der Waals surface area contributed by atoms with Crippen LogP contribution in [0.3, 0.4) is 0 Å². The van der Waals surface area contributed by atoms with Gasteiger partial charge in [-0.2, -0.15) is 0 Å². The first-order valence-corrected chi connectivity index (χ1v) is 5.14. The fourth-order valence-electron chi connectivity index (χ4n) is 1.31. The Hall–Kier alpha value is -2.13. The molecular formula is C10H8F5NO4. The molecule has 1 rings (SSSR count). The molecule has 1 heterocycles. The summed E-state index contributed by atoms with van der Waals surface area (Å²) in [5.41, 5.74) is -4.03. The third-order valence-corrected chi connectivity index (χ3v) is 2.01. The van der Waals surface area contributed by atoms with E-state index < -0.39 is 41.2 Å². The van der Waals surface area contributed by atoms with Gasteiger partial charge in [-0.3, -0.25) is 4.79 Å². The molecule has 1 aromatic rings. The molecule has 0 spiro atoms. The highest BCUT2D eigenvalue weighted by Crippen LogP contribution is 2.33. The molecule has 0 amide bonds. The van der Waals surface area contributed by atoms with Gasteiger partial charge in [-0.15, -0.1) is 13.2 Å². The van der Waals surface area contributed by atoms with Gasteiger partial charge >= 0.3 is 12.3 Å². The van der Waals surface area contributed by atoms with Crippen molar-refractivity contribution < 1.29 is 36.2 Å². The molecule has 0 saturated carbocycles. The second kappa shape index (κ2) is 5.88. The molecule has 0 bridgehead atoms. The maximum absolute atomic E-state index is 12.7. The number of carbonyl (C=O) groups is 1. The number of hydrogen-bond acceptors (Lipinski definition) is 4. The summed E-state index contributed by atoms with van der Waals surface area (Å²) in [4.78, 5) is 24.3. The molecule has 20 heavy (non-hydrogen) atoms. The molecular weight excluding hydrogens is 293 g/mol. The van der Waals surface area contributed by atoms with E-state index in [1.54, 1.807) is 4.98 Å². The summed E-state index contributed by atoms with van der Waals surface area (Å²) in [6.45, 7) is 1.16. The van der Waals surface area contributed by atoms with E-state index in [1.165, 1.54) is 6.92 Å². The Balaban J connectivity index is 3.48. The van der Waals surface area contributed by atoms with Gasteiger partial charge in [-0.1, -0.05) is 0 Å². The number of aromatic amines is 1. The number of alkyl halides is 5. The Morgan fingerprint density at radius 1 is 1.40 bits per heavy atom. The van der Waals surface area contributed by atoms with Crippen LogP contribution in [0.25, 0.3) is 0 Å². The van der Waals surface area contributed by atoms with Gasteiger partial charge < -0.3 is 14.5 Å². The second-order valence-electron chi connectivity index (χ2n) is 3.34. The minimum Gasteiger partial charge on any atom is -0.462 e. The fraction of sp³-hybridized carbons (Fsp3) is 0.400. The van der Waals surface area contributed by atoms with Gasteiger partial charge in [0.1, 0.15) is 11.1 Å². The van der Waals surface area contributed by atoms with Crippen molar-refractivity contribution in [3.63, 3.8) is 0 Å². The lowest BCUT2D eigenvalue weighted by molar-refractivity contribution is -0.275. The van der Waals surface area contributed by atoms with Gasteiger partial charge in [0.2, 0.25) is 0 Å². The molecule has 0 unspecified atom stereocenters. The van der Waals surface area contributed by atoms with Crippen LogP contribution >= 0.6 is 0 Å². The minimum absolute atomic E-state index is 0.201. The molecule has 1 N–H and O–H groups in total. The van der Waals surface area contributed by atoms with E-state index in [9.17, 15) is 31.5 Å². The highest BCUT2D eigenvalue weighted by molar-refractivity contribution is 5.92. The van der Waals surface area contributed by atoms with Crippen LogP contribution < -0.4 is 10.3 Å². The Kier molecular flexibility index (Phi) is 4.69. The number of carbonyl (C=O) groups excluding carboxylic acids is 1. The van der Waals surface area contributed by atoms with Gasteiger partial charge in [-0.25, -0.2) is 13.6 Å². The van der Waals surface area contributed by atoms with Crippen molar-refractivity contribution in [2.24, 2.45) is 0 Å². The molecule has 112 valence electrons. The average Bonchev–Trinajstić information content (AvgIpc) is 2.26. The zero-order valence-corrected chi connectivity index (χ0v) is 9.88. The largest absolute Gasteiger partial charge is 0.573 e. The number of H-pyrrole nitrogens is 1. The van der Waals surface area contributed by atoms with Crippen LogP contribution in [0.15, 0.2) is 11.0 Å². The molecule has 0 saturated heterocycles. The van der Waals surface area contributed by atoms with Crippen molar-refractivity contribution in [1.82, 2.24) is 4.98 Å². The first kappa shape index (κ1) is 15.9. The van der Waals surface area contributed by atoms with Gasteiger partial charge in [0.25, 0.3) is 12.0 Å². The van der Waals surface area contributed by atoms with Crippen molar-refractivity contribution in [2.45, 2.75) is 19.7 Å². The van der Waals surface area contributed by atoms with E-state index >= 15 is 0 Å². The Bertz CT molecular complexity index is 552. The standard InChI is InChI=1S/C10H8F5NO4/c1-2-19-9(18)4-3-16-8(17)5(7(11)12)6(4)20-10(13,14)15/h3,7H,2H2,1H3,(H,16,17). The predicted octanol–water partition coefficient (Wildman–Crippen LogP) is 2.39. The van der Waals surface area contributed by atoms with Crippen LogP contribution in [0.2, 0.25) is 0 Å². The number of ether oxygens (including phenoxy) is 2. The average molecular weight is 301 g/mol. The molecule has 0 aromatic carbocycles. The van der Waals surface area contributed by atoms with Gasteiger partial charge in [-0.05, 0) is 6.92 Å². The van der Waals surface area contributed by atoms with E-state index in [2.05, 4.69) is 9.47 Å². The van der Waals surface area contributed by atoms with Crippen molar-refractivity contribution >= 4 is 5.97 Å². The van der Waals surface area contributed by atoms with Crippen LogP contribution in [0.1, 0.15) is 29.3 Å². The van der Waals surface area contributed by atoms with Crippen LogP contribution in [0, 0.1) is 0 Å². The summed E-state index contributed by atoms with van der Waals surface area (Å²) in [5.74, 6) is -2.89. The number of nitrogens with one attached hydrogen (secondary N) is 1. The maximum atomic E-state index is 12.7. The quantitative estimate of drug-likeness (QED) is 0.685. The molecule has 1 aromatic heterocycles. The van der Waals surface area contributed by atoms with Crippen LogP contribution in [-0.4, -0.2) is 23.9 Å². The van der Waals surface area contributed by atoms with Crippen molar-refractivity contribution in [1.29, 1.82) is 0 Å². The van der Waals surface area contributed by atoms with E-state index in [4.69, 9.17) is 0 Å². The molecule has 0 aliphatic carbocycles. The summed E-state index contributed by atoms with van der Waals surface area (Å²) < 4.78 is 69.8. The zero-order chi connectivity index (χ0) is 15.5. The number of pyridine rings is 1. The zero-order valence-electron chi connectivity index (χ0n) is 9.88.